The van der Waals surface area contributed by atoms with Gasteiger partial charge in [0.25, 0.3) is 0 Å². The van der Waals surface area contributed by atoms with Crippen LogP contribution in [0.1, 0.15) is 52.4 Å². The SMILES string of the molecule is CCCCCN(C)C(=O)[C@@H](N)CCCC. The maximum absolute atomic E-state index is 11.7. The zero-order valence-electron chi connectivity index (χ0n) is 10.5. The Bertz CT molecular complexity index is 171. The molecule has 0 fully saturated rings. The quantitative estimate of drug-likeness (QED) is 0.629. The van der Waals surface area contributed by atoms with E-state index in [2.05, 4.69) is 13.8 Å². The van der Waals surface area contributed by atoms with Crippen molar-refractivity contribution in [3.8, 4) is 0 Å². The molecule has 1 atom stereocenters. The first kappa shape index (κ1) is 14.4. The number of amides is 1. The largest absolute Gasteiger partial charge is 0.344 e. The van der Waals surface area contributed by atoms with E-state index in [0.717, 1.165) is 32.2 Å². The maximum atomic E-state index is 11.7. The van der Waals surface area contributed by atoms with Crippen LogP contribution in [-0.4, -0.2) is 30.4 Å². The van der Waals surface area contributed by atoms with Crippen LogP contribution in [0.3, 0.4) is 0 Å². The van der Waals surface area contributed by atoms with Crippen molar-refractivity contribution in [3.05, 3.63) is 0 Å². The first-order chi connectivity index (χ1) is 7.13. The number of carbonyl (C=O) groups is 1. The molecule has 0 aromatic carbocycles. The number of hydrogen-bond donors (Lipinski definition) is 1. The summed E-state index contributed by atoms with van der Waals surface area (Å²) >= 11 is 0. The van der Waals surface area contributed by atoms with Crippen molar-refractivity contribution in [1.29, 1.82) is 0 Å². The predicted molar refractivity (Wildman–Crippen MR) is 64.7 cm³/mol. The summed E-state index contributed by atoms with van der Waals surface area (Å²) in [6.07, 6.45) is 6.40. The predicted octanol–water partition coefficient (Wildman–Crippen LogP) is 2.15. The second-order valence-corrected chi connectivity index (χ2v) is 4.22. The van der Waals surface area contributed by atoms with Crippen molar-refractivity contribution in [2.24, 2.45) is 5.73 Å². The molecule has 0 aliphatic rings. The van der Waals surface area contributed by atoms with Gasteiger partial charge in [-0.3, -0.25) is 4.79 Å². The van der Waals surface area contributed by atoms with Gasteiger partial charge in [0.05, 0.1) is 6.04 Å². The highest BCUT2D eigenvalue weighted by molar-refractivity contribution is 5.81. The van der Waals surface area contributed by atoms with Crippen molar-refractivity contribution < 1.29 is 4.79 Å². The average molecular weight is 214 g/mol. The van der Waals surface area contributed by atoms with Crippen LogP contribution >= 0.6 is 0 Å². The van der Waals surface area contributed by atoms with Crippen LogP contribution in [0, 0.1) is 0 Å². The minimum Gasteiger partial charge on any atom is -0.344 e. The van der Waals surface area contributed by atoms with Crippen molar-refractivity contribution in [3.63, 3.8) is 0 Å². The lowest BCUT2D eigenvalue weighted by molar-refractivity contribution is -0.131. The topological polar surface area (TPSA) is 46.3 Å². The molecule has 0 heterocycles. The van der Waals surface area contributed by atoms with E-state index in [-0.39, 0.29) is 11.9 Å². The number of nitrogens with zero attached hydrogens (tertiary/aromatic N) is 1. The molecule has 0 aromatic rings. The number of carbonyl (C=O) groups excluding carboxylic acids is 1. The molecule has 90 valence electrons. The van der Waals surface area contributed by atoms with E-state index in [0.29, 0.717) is 0 Å². The molecule has 0 aliphatic carbocycles. The summed E-state index contributed by atoms with van der Waals surface area (Å²) in [5.74, 6) is 0.0968. The van der Waals surface area contributed by atoms with Gasteiger partial charge in [0.2, 0.25) is 5.91 Å². The third-order valence-electron chi connectivity index (χ3n) is 2.66. The fourth-order valence-electron chi connectivity index (χ4n) is 1.54. The molecule has 3 heteroatoms. The molecule has 0 saturated heterocycles. The molecule has 0 aromatic heterocycles. The third-order valence-corrected chi connectivity index (χ3v) is 2.66. The van der Waals surface area contributed by atoms with Gasteiger partial charge in [-0.1, -0.05) is 39.5 Å². The smallest absolute Gasteiger partial charge is 0.239 e. The molecule has 0 unspecified atom stereocenters. The fraction of sp³-hybridized carbons (Fsp3) is 0.917. The number of rotatable bonds is 8. The van der Waals surface area contributed by atoms with Crippen LogP contribution in [0.5, 0.6) is 0 Å². The van der Waals surface area contributed by atoms with Crippen LogP contribution in [-0.2, 0) is 4.79 Å². The van der Waals surface area contributed by atoms with Crippen molar-refractivity contribution in [2.75, 3.05) is 13.6 Å². The summed E-state index contributed by atoms with van der Waals surface area (Å²) in [5.41, 5.74) is 5.82. The lowest BCUT2D eigenvalue weighted by Crippen LogP contribution is -2.42. The molecule has 0 saturated carbocycles. The van der Waals surface area contributed by atoms with E-state index in [9.17, 15) is 4.79 Å². The summed E-state index contributed by atoms with van der Waals surface area (Å²) in [5, 5.41) is 0. The van der Waals surface area contributed by atoms with E-state index in [1.165, 1.54) is 12.8 Å². The Morgan fingerprint density at radius 3 is 2.33 bits per heavy atom. The van der Waals surface area contributed by atoms with Crippen LogP contribution in [0.2, 0.25) is 0 Å². The number of hydrogen-bond acceptors (Lipinski definition) is 2. The highest BCUT2D eigenvalue weighted by atomic mass is 16.2. The molecule has 0 rings (SSSR count). The van der Waals surface area contributed by atoms with Crippen LogP contribution in [0.15, 0.2) is 0 Å². The molecule has 3 nitrogen and oxygen atoms in total. The molecule has 0 aliphatic heterocycles. The summed E-state index contributed by atoms with van der Waals surface area (Å²) < 4.78 is 0. The van der Waals surface area contributed by atoms with E-state index in [1.807, 2.05) is 7.05 Å². The lowest BCUT2D eigenvalue weighted by atomic mass is 10.1. The highest BCUT2D eigenvalue weighted by Gasteiger charge is 2.16. The average Bonchev–Trinajstić information content (AvgIpc) is 2.24. The maximum Gasteiger partial charge on any atom is 0.239 e. The Kier molecular flexibility index (Phi) is 8.38. The summed E-state index contributed by atoms with van der Waals surface area (Å²) in [4.78, 5) is 13.5. The van der Waals surface area contributed by atoms with Crippen LogP contribution in [0.4, 0.5) is 0 Å². The molecule has 2 N–H and O–H groups in total. The fourth-order valence-corrected chi connectivity index (χ4v) is 1.54. The van der Waals surface area contributed by atoms with Gasteiger partial charge in [0, 0.05) is 13.6 Å². The third kappa shape index (κ3) is 6.50. The van der Waals surface area contributed by atoms with Gasteiger partial charge in [0.15, 0.2) is 0 Å². The normalized spacial score (nSPS) is 12.5. The van der Waals surface area contributed by atoms with Gasteiger partial charge in [0.1, 0.15) is 0 Å². The Balaban J connectivity index is 3.75. The Morgan fingerprint density at radius 1 is 1.20 bits per heavy atom. The van der Waals surface area contributed by atoms with E-state index >= 15 is 0 Å². The Morgan fingerprint density at radius 2 is 1.80 bits per heavy atom. The molecular weight excluding hydrogens is 188 g/mol. The first-order valence-electron chi connectivity index (χ1n) is 6.14. The summed E-state index contributed by atoms with van der Waals surface area (Å²) in [6.45, 7) is 5.11. The van der Waals surface area contributed by atoms with Crippen LogP contribution < -0.4 is 5.73 Å². The zero-order valence-corrected chi connectivity index (χ0v) is 10.5. The van der Waals surface area contributed by atoms with Gasteiger partial charge in [-0.2, -0.15) is 0 Å². The molecular formula is C12H26N2O. The van der Waals surface area contributed by atoms with Gasteiger partial charge in [-0.05, 0) is 12.8 Å². The number of unbranched alkanes of at least 4 members (excludes halogenated alkanes) is 3. The second-order valence-electron chi connectivity index (χ2n) is 4.22. The summed E-state index contributed by atoms with van der Waals surface area (Å²) in [6, 6.07) is -0.295. The molecule has 15 heavy (non-hydrogen) atoms. The first-order valence-corrected chi connectivity index (χ1v) is 6.14. The molecule has 0 radical (unpaired) electrons. The minimum atomic E-state index is -0.295. The standard InChI is InChI=1S/C12H26N2O/c1-4-6-8-10-14(3)12(15)11(13)9-7-5-2/h11H,4-10,13H2,1-3H3/t11-/m0/s1. The number of nitrogens with two attached hydrogens (primary N) is 1. The molecule has 0 spiro atoms. The van der Waals surface area contributed by atoms with E-state index in [4.69, 9.17) is 5.73 Å². The van der Waals surface area contributed by atoms with Gasteiger partial charge >= 0.3 is 0 Å². The molecule has 0 bridgehead atoms. The van der Waals surface area contributed by atoms with Gasteiger partial charge in [-0.15, -0.1) is 0 Å². The van der Waals surface area contributed by atoms with Gasteiger partial charge in [-0.25, -0.2) is 0 Å². The van der Waals surface area contributed by atoms with Crippen molar-refractivity contribution in [1.82, 2.24) is 4.90 Å². The van der Waals surface area contributed by atoms with Gasteiger partial charge < -0.3 is 10.6 Å². The minimum absolute atomic E-state index is 0.0968. The van der Waals surface area contributed by atoms with Crippen molar-refractivity contribution in [2.45, 2.75) is 58.4 Å². The van der Waals surface area contributed by atoms with Crippen molar-refractivity contribution >= 4 is 5.91 Å². The monoisotopic (exact) mass is 214 g/mol. The van der Waals surface area contributed by atoms with E-state index in [1.54, 1.807) is 4.90 Å². The van der Waals surface area contributed by atoms with E-state index < -0.39 is 0 Å². The summed E-state index contributed by atoms with van der Waals surface area (Å²) in [7, 11) is 1.85. The second kappa shape index (κ2) is 8.72. The Hall–Kier alpha value is -0.570. The molecule has 1 amide bonds. The Labute approximate surface area is 94.0 Å². The highest BCUT2D eigenvalue weighted by Crippen LogP contribution is 2.03. The zero-order chi connectivity index (χ0) is 11.7. The van der Waals surface area contributed by atoms with Crippen LogP contribution in [0.25, 0.3) is 0 Å². The lowest BCUT2D eigenvalue weighted by Gasteiger charge is -2.21. The number of likely N-dealkylation sites (N-methyl/N-ethyl adjacent to an activating group) is 1.